The number of carbonyl (C=O) groups is 2. The third kappa shape index (κ3) is 3.42. The van der Waals surface area contributed by atoms with E-state index in [0.29, 0.717) is 48.8 Å². The monoisotopic (exact) mass is 342 g/mol. The quantitative estimate of drug-likeness (QED) is 0.847. The molecule has 0 aromatic carbocycles. The molecule has 0 aliphatic carbocycles. The van der Waals surface area contributed by atoms with Crippen LogP contribution in [0.15, 0.2) is 21.4 Å². The Kier molecular flexibility index (Phi) is 4.86. The van der Waals surface area contributed by atoms with Crippen LogP contribution >= 0.6 is 15.9 Å². The molecule has 0 radical (unpaired) electrons. The highest BCUT2D eigenvalue weighted by molar-refractivity contribution is 9.10. The fourth-order valence-electron chi connectivity index (χ4n) is 2.25. The summed E-state index contributed by atoms with van der Waals surface area (Å²) in [5.41, 5.74) is 0.534. The number of hydrogen-bond donors (Lipinski definition) is 0. The smallest absolute Gasteiger partial charge is 0.258 e. The summed E-state index contributed by atoms with van der Waals surface area (Å²) in [6.07, 6.45) is 2.06. The van der Waals surface area contributed by atoms with Crippen LogP contribution in [0.3, 0.4) is 0 Å². The predicted molar refractivity (Wildman–Crippen MR) is 78.3 cm³/mol. The summed E-state index contributed by atoms with van der Waals surface area (Å²) >= 11 is 3.22. The minimum atomic E-state index is -0.0541. The zero-order chi connectivity index (χ0) is 14.7. The van der Waals surface area contributed by atoms with Gasteiger partial charge in [0.25, 0.3) is 5.91 Å². The average molecular weight is 343 g/mol. The van der Waals surface area contributed by atoms with Gasteiger partial charge >= 0.3 is 0 Å². The molecule has 0 saturated carbocycles. The first-order valence-electron chi connectivity index (χ1n) is 6.79. The number of piperazine rings is 1. The van der Waals surface area contributed by atoms with Crippen LogP contribution in [0.2, 0.25) is 0 Å². The van der Waals surface area contributed by atoms with E-state index in [0.717, 1.165) is 0 Å². The van der Waals surface area contributed by atoms with E-state index in [1.54, 1.807) is 11.0 Å². The van der Waals surface area contributed by atoms with Gasteiger partial charge in [0.15, 0.2) is 4.67 Å². The molecule has 0 bridgehead atoms. The van der Waals surface area contributed by atoms with E-state index in [1.807, 2.05) is 18.7 Å². The third-order valence-electron chi connectivity index (χ3n) is 3.35. The molecule has 110 valence electrons. The molecule has 6 heteroatoms. The van der Waals surface area contributed by atoms with Gasteiger partial charge in [-0.15, -0.1) is 0 Å². The number of nitrogens with zero attached hydrogens (tertiary/aromatic N) is 2. The Labute approximate surface area is 127 Å². The minimum absolute atomic E-state index is 0.0541. The molecule has 5 nitrogen and oxygen atoms in total. The molecule has 0 N–H and O–H groups in total. The van der Waals surface area contributed by atoms with Crippen molar-refractivity contribution in [2.45, 2.75) is 20.3 Å². The van der Waals surface area contributed by atoms with Crippen LogP contribution in [-0.4, -0.2) is 47.8 Å². The molecule has 2 heterocycles. The molecule has 1 aliphatic rings. The number of halogens is 1. The lowest BCUT2D eigenvalue weighted by Gasteiger charge is -2.35. The number of furan rings is 1. The zero-order valence-electron chi connectivity index (χ0n) is 11.8. The summed E-state index contributed by atoms with van der Waals surface area (Å²) in [6, 6.07) is 1.66. The van der Waals surface area contributed by atoms with E-state index in [-0.39, 0.29) is 11.8 Å². The third-order valence-corrected chi connectivity index (χ3v) is 3.96. The van der Waals surface area contributed by atoms with E-state index < -0.39 is 0 Å². The Morgan fingerprint density at radius 2 is 1.85 bits per heavy atom. The molecule has 0 spiro atoms. The molecule has 20 heavy (non-hydrogen) atoms. The maximum absolute atomic E-state index is 12.3. The normalized spacial score (nSPS) is 15.8. The van der Waals surface area contributed by atoms with Gasteiger partial charge in [0.2, 0.25) is 5.91 Å². The van der Waals surface area contributed by atoms with Crippen molar-refractivity contribution in [2.24, 2.45) is 5.92 Å². The molecule has 2 rings (SSSR count). The van der Waals surface area contributed by atoms with Crippen molar-refractivity contribution in [1.82, 2.24) is 9.80 Å². The highest BCUT2D eigenvalue weighted by atomic mass is 79.9. The molecule has 1 aliphatic heterocycles. The summed E-state index contributed by atoms with van der Waals surface area (Å²) in [6.45, 7) is 6.42. The van der Waals surface area contributed by atoms with Crippen molar-refractivity contribution in [3.05, 3.63) is 22.6 Å². The number of rotatable bonds is 3. The standard InChI is InChI=1S/C14H19BrN2O3/c1-10(2)9-12(18)16-4-6-17(7-5-16)14(19)11-3-8-20-13(11)15/h3,8,10H,4-7,9H2,1-2H3. The van der Waals surface area contributed by atoms with Crippen LogP contribution in [0.1, 0.15) is 30.6 Å². The van der Waals surface area contributed by atoms with Gasteiger partial charge in [-0.1, -0.05) is 13.8 Å². The van der Waals surface area contributed by atoms with Crippen LogP contribution in [0.5, 0.6) is 0 Å². The van der Waals surface area contributed by atoms with Crippen molar-refractivity contribution in [3.8, 4) is 0 Å². The van der Waals surface area contributed by atoms with Crippen molar-refractivity contribution >= 4 is 27.7 Å². The highest BCUT2D eigenvalue weighted by Crippen LogP contribution is 2.20. The fourth-order valence-corrected chi connectivity index (χ4v) is 2.66. The highest BCUT2D eigenvalue weighted by Gasteiger charge is 2.26. The van der Waals surface area contributed by atoms with Crippen molar-refractivity contribution in [2.75, 3.05) is 26.2 Å². The van der Waals surface area contributed by atoms with E-state index in [2.05, 4.69) is 15.9 Å². The van der Waals surface area contributed by atoms with Crippen LogP contribution in [0, 0.1) is 5.92 Å². The van der Waals surface area contributed by atoms with E-state index in [4.69, 9.17) is 4.42 Å². The molecule has 1 aromatic heterocycles. The Balaban J connectivity index is 1.90. The molecule has 2 amide bonds. The molecule has 1 aromatic rings. The summed E-state index contributed by atoms with van der Waals surface area (Å²) in [4.78, 5) is 27.8. The van der Waals surface area contributed by atoms with Gasteiger partial charge in [-0.25, -0.2) is 0 Å². The molecular formula is C14H19BrN2O3. The molecule has 0 atom stereocenters. The lowest BCUT2D eigenvalue weighted by atomic mass is 10.1. The molecule has 1 fully saturated rings. The second kappa shape index (κ2) is 6.43. The second-order valence-corrected chi connectivity index (χ2v) is 6.10. The maximum Gasteiger partial charge on any atom is 0.258 e. The Bertz CT molecular complexity index is 490. The summed E-state index contributed by atoms with van der Waals surface area (Å²) in [5.74, 6) is 0.488. The lowest BCUT2D eigenvalue weighted by molar-refractivity contribution is -0.133. The SMILES string of the molecule is CC(C)CC(=O)N1CCN(C(=O)c2ccoc2Br)CC1. The summed E-state index contributed by atoms with van der Waals surface area (Å²) in [5, 5.41) is 0. The number of hydrogen-bond acceptors (Lipinski definition) is 3. The minimum Gasteiger partial charge on any atom is -0.457 e. The van der Waals surface area contributed by atoms with Crippen molar-refractivity contribution in [1.29, 1.82) is 0 Å². The van der Waals surface area contributed by atoms with Gasteiger partial charge in [-0.3, -0.25) is 9.59 Å². The van der Waals surface area contributed by atoms with Crippen molar-refractivity contribution < 1.29 is 14.0 Å². The van der Waals surface area contributed by atoms with Crippen LogP contribution in [-0.2, 0) is 4.79 Å². The fraction of sp³-hybridized carbons (Fsp3) is 0.571. The van der Waals surface area contributed by atoms with E-state index in [9.17, 15) is 9.59 Å². The Hall–Kier alpha value is -1.30. The topological polar surface area (TPSA) is 53.8 Å². The van der Waals surface area contributed by atoms with Gasteiger partial charge in [-0.2, -0.15) is 0 Å². The van der Waals surface area contributed by atoms with Gasteiger partial charge < -0.3 is 14.2 Å². The van der Waals surface area contributed by atoms with Gasteiger partial charge in [0.05, 0.1) is 11.8 Å². The first-order valence-corrected chi connectivity index (χ1v) is 7.58. The average Bonchev–Trinajstić information content (AvgIpc) is 2.83. The van der Waals surface area contributed by atoms with Crippen LogP contribution < -0.4 is 0 Å². The van der Waals surface area contributed by atoms with Gasteiger partial charge in [0.1, 0.15) is 0 Å². The van der Waals surface area contributed by atoms with Gasteiger partial charge in [-0.05, 0) is 27.9 Å². The second-order valence-electron chi connectivity index (χ2n) is 5.38. The van der Waals surface area contributed by atoms with Crippen LogP contribution in [0.25, 0.3) is 0 Å². The van der Waals surface area contributed by atoms with Gasteiger partial charge in [0, 0.05) is 32.6 Å². The first-order chi connectivity index (χ1) is 9.49. The van der Waals surface area contributed by atoms with E-state index in [1.165, 1.54) is 6.26 Å². The summed E-state index contributed by atoms with van der Waals surface area (Å²) in [7, 11) is 0. The predicted octanol–water partition coefficient (Wildman–Crippen LogP) is 2.37. The van der Waals surface area contributed by atoms with Crippen molar-refractivity contribution in [3.63, 3.8) is 0 Å². The lowest BCUT2D eigenvalue weighted by Crippen LogP contribution is -2.50. The number of amides is 2. The Morgan fingerprint density at radius 3 is 2.35 bits per heavy atom. The molecule has 1 saturated heterocycles. The zero-order valence-corrected chi connectivity index (χ0v) is 13.4. The maximum atomic E-state index is 12.3. The molecule has 0 unspecified atom stereocenters. The largest absolute Gasteiger partial charge is 0.457 e. The van der Waals surface area contributed by atoms with Crippen LogP contribution in [0.4, 0.5) is 0 Å². The number of carbonyl (C=O) groups excluding carboxylic acids is 2. The summed E-state index contributed by atoms with van der Waals surface area (Å²) < 4.78 is 5.54. The molecular weight excluding hydrogens is 324 g/mol. The Morgan fingerprint density at radius 1 is 1.25 bits per heavy atom. The first kappa shape index (κ1) is 15.1. The van der Waals surface area contributed by atoms with E-state index >= 15 is 0 Å².